The molecule has 0 radical (unpaired) electrons. The fourth-order valence-corrected chi connectivity index (χ4v) is 3.18. The zero-order valence-electron chi connectivity index (χ0n) is 16.6. The predicted molar refractivity (Wildman–Crippen MR) is 113 cm³/mol. The lowest BCUT2D eigenvalue weighted by atomic mass is 10.2. The number of carbonyl (C=O) groups is 1. The van der Waals surface area contributed by atoms with Crippen LogP contribution in [-0.4, -0.2) is 36.5 Å². The van der Waals surface area contributed by atoms with Crippen molar-refractivity contribution in [1.82, 2.24) is 4.90 Å². The molecule has 0 spiro atoms. The summed E-state index contributed by atoms with van der Waals surface area (Å²) in [6.45, 7) is 1.86. The molecular formula is C23H20N4O3. The zero-order valence-corrected chi connectivity index (χ0v) is 16.6. The number of aliphatic imine (C=N–C) groups is 1. The van der Waals surface area contributed by atoms with Crippen molar-refractivity contribution in [3.63, 3.8) is 0 Å². The van der Waals surface area contributed by atoms with Gasteiger partial charge in [-0.25, -0.2) is 4.99 Å². The topological polar surface area (TPSA) is 86.9 Å². The van der Waals surface area contributed by atoms with Crippen molar-refractivity contribution in [3.05, 3.63) is 83.3 Å². The lowest BCUT2D eigenvalue weighted by Crippen LogP contribution is -2.30. The number of benzene rings is 2. The minimum Gasteiger partial charge on any atom is -0.483 e. The number of hydrogen-bond acceptors (Lipinski definition) is 6. The molecule has 0 bridgehead atoms. The summed E-state index contributed by atoms with van der Waals surface area (Å²) in [7, 11) is 1.81. The maximum Gasteiger partial charge on any atom is 0.262 e. The summed E-state index contributed by atoms with van der Waals surface area (Å²) >= 11 is 0. The van der Waals surface area contributed by atoms with Crippen molar-refractivity contribution in [1.29, 1.82) is 5.26 Å². The fourth-order valence-electron chi connectivity index (χ4n) is 3.18. The molecule has 7 nitrogen and oxygen atoms in total. The van der Waals surface area contributed by atoms with Crippen molar-refractivity contribution < 1.29 is 14.3 Å². The van der Waals surface area contributed by atoms with E-state index in [2.05, 4.69) is 16.4 Å². The van der Waals surface area contributed by atoms with Crippen LogP contribution in [0.4, 0.5) is 5.69 Å². The van der Waals surface area contributed by atoms with Crippen LogP contribution in [0, 0.1) is 18.3 Å². The van der Waals surface area contributed by atoms with Gasteiger partial charge in [-0.3, -0.25) is 4.79 Å². The van der Waals surface area contributed by atoms with Crippen molar-refractivity contribution in [2.45, 2.75) is 13.1 Å². The van der Waals surface area contributed by atoms with E-state index in [1.807, 2.05) is 43.3 Å². The molecule has 2 aliphatic heterocycles. The number of allylic oxidation sites excluding steroid dienone is 3. The molecule has 0 fully saturated rings. The molecule has 30 heavy (non-hydrogen) atoms. The largest absolute Gasteiger partial charge is 0.483 e. The van der Waals surface area contributed by atoms with Gasteiger partial charge in [-0.05, 0) is 55.0 Å². The Bertz CT molecular complexity index is 1110. The van der Waals surface area contributed by atoms with Crippen LogP contribution in [0.3, 0.4) is 0 Å². The average molecular weight is 400 g/mol. The highest BCUT2D eigenvalue weighted by atomic mass is 16.5. The van der Waals surface area contributed by atoms with Crippen LogP contribution in [0.15, 0.2) is 77.1 Å². The van der Waals surface area contributed by atoms with E-state index in [9.17, 15) is 4.79 Å². The first-order valence-corrected chi connectivity index (χ1v) is 9.44. The Morgan fingerprint density at radius 3 is 2.73 bits per heavy atom. The van der Waals surface area contributed by atoms with Crippen molar-refractivity contribution >= 4 is 17.5 Å². The molecule has 1 amide bonds. The van der Waals surface area contributed by atoms with Crippen molar-refractivity contribution in [2.75, 3.05) is 19.0 Å². The van der Waals surface area contributed by atoms with Crippen LogP contribution >= 0.6 is 0 Å². The Morgan fingerprint density at radius 2 is 2.00 bits per heavy atom. The van der Waals surface area contributed by atoms with Gasteiger partial charge in [0.25, 0.3) is 5.91 Å². The molecular weight excluding hydrogens is 380 g/mol. The first kappa shape index (κ1) is 19.3. The summed E-state index contributed by atoms with van der Waals surface area (Å²) in [5.74, 6) is 1.60. The summed E-state index contributed by atoms with van der Waals surface area (Å²) in [4.78, 5) is 18.5. The second kappa shape index (κ2) is 8.13. The van der Waals surface area contributed by atoms with Gasteiger partial charge in [-0.2, -0.15) is 5.26 Å². The number of amides is 1. The number of nitrogens with zero attached hydrogens (tertiary/aromatic N) is 3. The number of nitrogens with one attached hydrogen (secondary N) is 1. The van der Waals surface area contributed by atoms with Gasteiger partial charge in [0, 0.05) is 18.3 Å². The molecule has 2 aromatic rings. The number of hydrogen-bond donors (Lipinski definition) is 1. The van der Waals surface area contributed by atoms with Crippen molar-refractivity contribution in [3.8, 4) is 11.8 Å². The van der Waals surface area contributed by atoms with Crippen LogP contribution in [0.1, 0.15) is 11.1 Å². The highest BCUT2D eigenvalue weighted by molar-refractivity contribution is 5.97. The van der Waals surface area contributed by atoms with E-state index in [4.69, 9.17) is 14.7 Å². The Hall–Kier alpha value is -4.05. The molecule has 1 atom stereocenters. The number of para-hydroxylation sites is 1. The minimum absolute atomic E-state index is 0.0706. The van der Waals surface area contributed by atoms with Crippen LogP contribution in [-0.2, 0) is 9.53 Å². The standard InChI is InChI=1S/C23H20N4O3/c1-15-5-3-4-6-19(15)29-14-21(28)25-17-9-7-16(8-10-17)23-26-22-20(30-23)12-11-18(13-24)27(22)2/h3-12,22H,14H2,1-2H3,(H,25,28). The van der Waals surface area contributed by atoms with Gasteiger partial charge < -0.3 is 19.7 Å². The number of fused-ring (bicyclic) bond motifs is 1. The van der Waals surface area contributed by atoms with Gasteiger partial charge in [-0.1, -0.05) is 18.2 Å². The smallest absolute Gasteiger partial charge is 0.262 e. The van der Waals surface area contributed by atoms with E-state index in [0.717, 1.165) is 11.1 Å². The number of aryl methyl sites for hydroxylation is 1. The lowest BCUT2D eigenvalue weighted by Gasteiger charge is -2.25. The average Bonchev–Trinajstić information content (AvgIpc) is 3.19. The minimum atomic E-state index is -0.336. The van der Waals surface area contributed by atoms with Gasteiger partial charge in [-0.15, -0.1) is 0 Å². The lowest BCUT2D eigenvalue weighted by molar-refractivity contribution is -0.118. The van der Waals surface area contributed by atoms with E-state index in [0.29, 0.717) is 28.8 Å². The third kappa shape index (κ3) is 3.89. The third-order valence-corrected chi connectivity index (χ3v) is 4.84. The van der Waals surface area contributed by atoms with E-state index in [1.54, 1.807) is 36.2 Å². The number of carbonyl (C=O) groups excluding carboxylic acids is 1. The van der Waals surface area contributed by atoms with E-state index >= 15 is 0 Å². The summed E-state index contributed by atoms with van der Waals surface area (Å²) in [6.07, 6.45) is 3.14. The first-order valence-electron chi connectivity index (χ1n) is 9.44. The van der Waals surface area contributed by atoms with Crippen LogP contribution in [0.2, 0.25) is 0 Å². The molecule has 1 N–H and O–H groups in total. The third-order valence-electron chi connectivity index (χ3n) is 4.84. The Morgan fingerprint density at radius 1 is 1.23 bits per heavy atom. The highest BCUT2D eigenvalue weighted by Gasteiger charge is 2.32. The van der Waals surface area contributed by atoms with E-state index in [1.165, 1.54) is 0 Å². The van der Waals surface area contributed by atoms with E-state index in [-0.39, 0.29) is 18.7 Å². The number of nitriles is 1. The molecule has 1 unspecified atom stereocenters. The zero-order chi connectivity index (χ0) is 21.1. The maximum absolute atomic E-state index is 12.2. The molecule has 2 aliphatic rings. The fraction of sp³-hybridized carbons (Fsp3) is 0.174. The molecule has 7 heteroatoms. The van der Waals surface area contributed by atoms with Gasteiger partial charge in [0.2, 0.25) is 5.90 Å². The van der Waals surface area contributed by atoms with E-state index < -0.39 is 0 Å². The molecule has 0 saturated carbocycles. The molecule has 4 rings (SSSR count). The van der Waals surface area contributed by atoms with Crippen LogP contribution in [0.25, 0.3) is 0 Å². The normalized spacial score (nSPS) is 17.0. The Balaban J connectivity index is 1.37. The monoisotopic (exact) mass is 400 g/mol. The SMILES string of the molecule is Cc1ccccc1OCC(=O)Nc1ccc(C2=NC3C(=CC=C(C#N)N3C)O2)cc1. The molecule has 2 aromatic carbocycles. The highest BCUT2D eigenvalue weighted by Crippen LogP contribution is 2.29. The van der Waals surface area contributed by atoms with Crippen LogP contribution in [0.5, 0.6) is 5.75 Å². The molecule has 2 heterocycles. The summed E-state index contributed by atoms with van der Waals surface area (Å²) in [5, 5.41) is 12.0. The maximum atomic E-state index is 12.2. The summed E-state index contributed by atoms with van der Waals surface area (Å²) in [6, 6.07) is 16.9. The number of ether oxygens (including phenoxy) is 2. The predicted octanol–water partition coefficient (Wildman–Crippen LogP) is 3.35. The van der Waals surface area contributed by atoms with Gasteiger partial charge >= 0.3 is 0 Å². The first-order chi connectivity index (χ1) is 14.5. The Labute approximate surface area is 174 Å². The Kier molecular flexibility index (Phi) is 5.22. The summed E-state index contributed by atoms with van der Waals surface area (Å²) < 4.78 is 11.4. The number of rotatable bonds is 5. The van der Waals surface area contributed by atoms with Gasteiger partial charge in [0.05, 0.1) is 0 Å². The summed E-state index contributed by atoms with van der Waals surface area (Å²) in [5.41, 5.74) is 2.94. The van der Waals surface area contributed by atoms with Gasteiger partial charge in [0.15, 0.2) is 18.5 Å². The molecule has 0 saturated heterocycles. The molecule has 150 valence electrons. The van der Waals surface area contributed by atoms with Gasteiger partial charge in [0.1, 0.15) is 17.5 Å². The second-order valence-electron chi connectivity index (χ2n) is 6.93. The van der Waals surface area contributed by atoms with Crippen molar-refractivity contribution in [2.24, 2.45) is 4.99 Å². The quantitative estimate of drug-likeness (QED) is 0.832. The number of anilines is 1. The second-order valence-corrected chi connectivity index (χ2v) is 6.93. The molecule has 0 aliphatic carbocycles. The molecule has 0 aromatic heterocycles. The van der Waals surface area contributed by atoms with Crippen LogP contribution < -0.4 is 10.1 Å². The number of likely N-dealkylation sites (N-methyl/N-ethyl adjacent to an activating group) is 1.